The second kappa shape index (κ2) is 6.87. The number of sulfonamides is 1. The molecular weight excluding hydrogens is 288 g/mol. The summed E-state index contributed by atoms with van der Waals surface area (Å²) in [7, 11) is -1.91. The molecule has 2 rings (SSSR count). The lowest BCUT2D eigenvalue weighted by Crippen LogP contribution is -2.40. The van der Waals surface area contributed by atoms with Crippen molar-refractivity contribution in [2.45, 2.75) is 55.7 Å². The monoisotopic (exact) mass is 312 g/mol. The Balaban J connectivity index is 2.19. The average molecular weight is 312 g/mol. The van der Waals surface area contributed by atoms with Crippen LogP contribution in [0.4, 0.5) is 0 Å². The second-order valence-electron chi connectivity index (χ2n) is 5.52. The van der Waals surface area contributed by atoms with E-state index in [2.05, 4.69) is 4.72 Å². The minimum absolute atomic E-state index is 0.0409. The third kappa shape index (κ3) is 3.83. The molecule has 3 unspecified atom stereocenters. The van der Waals surface area contributed by atoms with Crippen molar-refractivity contribution in [3.8, 4) is 0 Å². The average Bonchev–Trinajstić information content (AvgIpc) is 2.93. The highest BCUT2D eigenvalue weighted by Crippen LogP contribution is 2.24. The number of nitrogens with one attached hydrogen (secondary N) is 1. The Hall–Kier alpha value is -0.950. The molecule has 0 amide bonds. The van der Waals surface area contributed by atoms with Crippen molar-refractivity contribution in [2.24, 2.45) is 5.73 Å². The van der Waals surface area contributed by atoms with E-state index in [9.17, 15) is 8.42 Å². The molecule has 118 valence electrons. The summed E-state index contributed by atoms with van der Waals surface area (Å²) in [6.45, 7) is 1.98. The van der Waals surface area contributed by atoms with Gasteiger partial charge in [-0.1, -0.05) is 19.1 Å². The van der Waals surface area contributed by atoms with Crippen molar-refractivity contribution in [3.63, 3.8) is 0 Å². The van der Waals surface area contributed by atoms with Gasteiger partial charge in [0.15, 0.2) is 0 Å². The summed E-state index contributed by atoms with van der Waals surface area (Å²) in [5, 5.41) is 0. The van der Waals surface area contributed by atoms with Crippen LogP contribution < -0.4 is 10.5 Å². The number of nitrogens with two attached hydrogens (primary N) is 1. The molecule has 1 fully saturated rings. The van der Waals surface area contributed by atoms with Gasteiger partial charge in [-0.15, -0.1) is 0 Å². The van der Waals surface area contributed by atoms with E-state index in [1.54, 1.807) is 25.3 Å². The van der Waals surface area contributed by atoms with Gasteiger partial charge < -0.3 is 10.5 Å². The predicted molar refractivity (Wildman–Crippen MR) is 82.4 cm³/mol. The van der Waals surface area contributed by atoms with E-state index >= 15 is 0 Å². The van der Waals surface area contributed by atoms with Crippen LogP contribution in [0, 0.1) is 0 Å². The molecule has 21 heavy (non-hydrogen) atoms. The quantitative estimate of drug-likeness (QED) is 0.841. The molecule has 6 heteroatoms. The number of methoxy groups -OCH3 is 1. The summed E-state index contributed by atoms with van der Waals surface area (Å²) in [5.41, 5.74) is 6.82. The van der Waals surface area contributed by atoms with Gasteiger partial charge in [0.1, 0.15) is 0 Å². The fourth-order valence-electron chi connectivity index (χ4n) is 2.76. The molecule has 1 aliphatic rings. The highest BCUT2D eigenvalue weighted by Gasteiger charge is 2.31. The first-order valence-electron chi connectivity index (χ1n) is 7.38. The molecule has 1 saturated carbocycles. The van der Waals surface area contributed by atoms with Crippen LogP contribution >= 0.6 is 0 Å². The molecule has 0 heterocycles. The van der Waals surface area contributed by atoms with Gasteiger partial charge in [-0.05, 0) is 43.4 Å². The van der Waals surface area contributed by atoms with Crippen molar-refractivity contribution in [1.82, 2.24) is 4.72 Å². The van der Waals surface area contributed by atoms with Gasteiger partial charge >= 0.3 is 0 Å². The van der Waals surface area contributed by atoms with Crippen LogP contribution in [0.2, 0.25) is 0 Å². The van der Waals surface area contributed by atoms with Crippen molar-refractivity contribution in [3.05, 3.63) is 29.8 Å². The van der Waals surface area contributed by atoms with Crippen LogP contribution in [0.3, 0.4) is 0 Å². The van der Waals surface area contributed by atoms with E-state index in [0.29, 0.717) is 0 Å². The number of hydrogen-bond acceptors (Lipinski definition) is 4. The molecule has 1 aromatic rings. The highest BCUT2D eigenvalue weighted by molar-refractivity contribution is 7.89. The fraction of sp³-hybridized carbons (Fsp3) is 0.600. The summed E-state index contributed by atoms with van der Waals surface area (Å²) in [6, 6.07) is 6.57. The van der Waals surface area contributed by atoms with Crippen LogP contribution in [0.1, 0.15) is 44.2 Å². The molecule has 5 nitrogen and oxygen atoms in total. The largest absolute Gasteiger partial charge is 0.380 e. The normalized spacial score (nSPS) is 24.1. The van der Waals surface area contributed by atoms with Crippen LogP contribution in [0.5, 0.6) is 0 Å². The minimum atomic E-state index is -3.54. The first-order valence-corrected chi connectivity index (χ1v) is 8.87. The van der Waals surface area contributed by atoms with Crippen molar-refractivity contribution >= 4 is 10.0 Å². The minimum Gasteiger partial charge on any atom is -0.380 e. The van der Waals surface area contributed by atoms with E-state index in [-0.39, 0.29) is 23.1 Å². The van der Waals surface area contributed by atoms with Crippen molar-refractivity contribution in [2.75, 3.05) is 7.11 Å². The summed E-state index contributed by atoms with van der Waals surface area (Å²) in [6.07, 6.45) is 3.41. The van der Waals surface area contributed by atoms with E-state index < -0.39 is 10.0 Å². The van der Waals surface area contributed by atoms with Gasteiger partial charge in [0, 0.05) is 19.2 Å². The second-order valence-corrected chi connectivity index (χ2v) is 7.23. The van der Waals surface area contributed by atoms with E-state index in [0.717, 1.165) is 31.2 Å². The Bertz CT molecular complexity index is 574. The van der Waals surface area contributed by atoms with Crippen molar-refractivity contribution < 1.29 is 13.2 Å². The molecule has 3 N–H and O–H groups in total. The topological polar surface area (TPSA) is 81.4 Å². The maximum Gasteiger partial charge on any atom is 0.240 e. The smallest absolute Gasteiger partial charge is 0.240 e. The zero-order chi connectivity index (χ0) is 15.5. The van der Waals surface area contributed by atoms with Gasteiger partial charge in [0.05, 0.1) is 11.0 Å². The maximum atomic E-state index is 12.5. The SMILES string of the molecule is CCC(N)c1cccc(S(=O)(=O)NC2CCCC2OC)c1. The Morgan fingerprint density at radius 2 is 2.19 bits per heavy atom. The van der Waals surface area contributed by atoms with Gasteiger partial charge in [0.25, 0.3) is 0 Å². The Labute approximate surface area is 126 Å². The summed E-state index contributed by atoms with van der Waals surface area (Å²) >= 11 is 0. The number of benzene rings is 1. The zero-order valence-electron chi connectivity index (χ0n) is 12.6. The molecular formula is C15H24N2O3S. The van der Waals surface area contributed by atoms with Crippen molar-refractivity contribution in [1.29, 1.82) is 0 Å². The van der Waals surface area contributed by atoms with Gasteiger partial charge in [-0.2, -0.15) is 0 Å². The molecule has 1 aliphatic carbocycles. The van der Waals surface area contributed by atoms with Crippen LogP contribution in [0.25, 0.3) is 0 Å². The molecule has 0 saturated heterocycles. The Kier molecular flexibility index (Phi) is 5.37. The molecule has 0 aromatic heterocycles. The molecule has 0 radical (unpaired) electrons. The first-order chi connectivity index (χ1) is 9.97. The summed E-state index contributed by atoms with van der Waals surface area (Å²) in [5.74, 6) is 0. The molecule has 0 bridgehead atoms. The molecule has 0 spiro atoms. The lowest BCUT2D eigenvalue weighted by Gasteiger charge is -2.20. The van der Waals surface area contributed by atoms with E-state index in [4.69, 9.17) is 10.5 Å². The highest BCUT2D eigenvalue weighted by atomic mass is 32.2. The predicted octanol–water partition coefficient (Wildman–Crippen LogP) is 1.94. The third-order valence-corrected chi connectivity index (χ3v) is 5.59. The lowest BCUT2D eigenvalue weighted by atomic mass is 10.1. The van der Waals surface area contributed by atoms with Gasteiger partial charge in [-0.3, -0.25) is 0 Å². The molecule has 1 aromatic carbocycles. The standard InChI is InChI=1S/C15H24N2O3S/c1-3-13(16)11-6-4-7-12(10-11)21(18,19)17-14-8-5-9-15(14)20-2/h4,6-7,10,13-15,17H,3,5,8-9,16H2,1-2H3. The number of hydrogen-bond donors (Lipinski definition) is 2. The lowest BCUT2D eigenvalue weighted by molar-refractivity contribution is 0.0916. The third-order valence-electron chi connectivity index (χ3n) is 4.10. The summed E-state index contributed by atoms with van der Waals surface area (Å²) in [4.78, 5) is 0.269. The van der Waals surface area contributed by atoms with Crippen LogP contribution in [0.15, 0.2) is 29.2 Å². The first kappa shape index (κ1) is 16.4. The number of ether oxygens (including phenoxy) is 1. The fourth-order valence-corrected chi connectivity index (χ4v) is 4.11. The Morgan fingerprint density at radius 3 is 2.86 bits per heavy atom. The maximum absolute atomic E-state index is 12.5. The number of rotatable bonds is 6. The molecule has 3 atom stereocenters. The van der Waals surface area contributed by atoms with Gasteiger partial charge in [-0.25, -0.2) is 13.1 Å². The summed E-state index contributed by atoms with van der Waals surface area (Å²) < 4.78 is 33.1. The molecule has 0 aliphatic heterocycles. The van der Waals surface area contributed by atoms with Crippen LogP contribution in [-0.2, 0) is 14.8 Å². The van der Waals surface area contributed by atoms with Crippen LogP contribution in [-0.4, -0.2) is 27.7 Å². The van der Waals surface area contributed by atoms with Gasteiger partial charge in [0.2, 0.25) is 10.0 Å². The van der Waals surface area contributed by atoms with E-state index in [1.165, 1.54) is 0 Å². The Morgan fingerprint density at radius 1 is 1.43 bits per heavy atom. The van der Waals surface area contributed by atoms with E-state index in [1.807, 2.05) is 13.0 Å². The zero-order valence-corrected chi connectivity index (χ0v) is 13.4.